The molecule has 0 spiro atoms. The Bertz CT molecular complexity index is 1010. The summed E-state index contributed by atoms with van der Waals surface area (Å²) in [5, 5.41) is 16.3. The lowest BCUT2D eigenvalue weighted by Gasteiger charge is -2.10. The van der Waals surface area contributed by atoms with Gasteiger partial charge in [-0.1, -0.05) is 48.5 Å². The summed E-state index contributed by atoms with van der Waals surface area (Å²) in [5.41, 5.74) is 1.09. The fourth-order valence-corrected chi connectivity index (χ4v) is 2.57. The predicted octanol–water partition coefficient (Wildman–Crippen LogP) is 4.26. The number of carbonyl (C=O) groups is 2. The van der Waals surface area contributed by atoms with Gasteiger partial charge in [-0.25, -0.2) is 0 Å². The Hall–Kier alpha value is -4.26. The van der Waals surface area contributed by atoms with Crippen molar-refractivity contribution in [3.63, 3.8) is 0 Å². The quantitative estimate of drug-likeness (QED) is 0.217. The average molecular weight is 387 g/mol. The highest BCUT2D eigenvalue weighted by atomic mass is 16.6. The third-order valence-corrected chi connectivity index (χ3v) is 3.94. The monoisotopic (exact) mass is 387 g/mol. The fourth-order valence-electron chi connectivity index (χ4n) is 2.57. The van der Waals surface area contributed by atoms with Crippen LogP contribution in [0.1, 0.15) is 5.56 Å². The Labute approximate surface area is 166 Å². The number of hydrogen-bond acceptors (Lipinski definition) is 4. The van der Waals surface area contributed by atoms with Gasteiger partial charge in [-0.05, 0) is 35.9 Å². The molecule has 0 aliphatic rings. The molecule has 0 aromatic heterocycles. The molecule has 3 aromatic carbocycles. The van der Waals surface area contributed by atoms with E-state index >= 15 is 0 Å². The number of non-ortho nitro benzene ring substituents is 1. The largest absolute Gasteiger partial charge is 0.322 e. The fraction of sp³-hybridized carbons (Fsp3) is 0. The third-order valence-electron chi connectivity index (χ3n) is 3.94. The summed E-state index contributed by atoms with van der Waals surface area (Å²) in [6, 6.07) is 23.1. The minimum Gasteiger partial charge on any atom is -0.322 e. The van der Waals surface area contributed by atoms with Gasteiger partial charge in [-0.3, -0.25) is 19.7 Å². The number of nitro groups is 1. The molecular formula is C22H17N3O4. The number of amides is 2. The number of benzene rings is 3. The summed E-state index contributed by atoms with van der Waals surface area (Å²) < 4.78 is 0. The van der Waals surface area contributed by atoms with Crippen LogP contribution in [0.25, 0.3) is 6.08 Å². The maximum atomic E-state index is 12.8. The molecule has 29 heavy (non-hydrogen) atoms. The molecule has 0 atom stereocenters. The first-order valence-electron chi connectivity index (χ1n) is 8.72. The second-order valence-corrected chi connectivity index (χ2v) is 6.05. The van der Waals surface area contributed by atoms with Gasteiger partial charge in [0.25, 0.3) is 17.5 Å². The summed E-state index contributed by atoms with van der Waals surface area (Å²) in [4.78, 5) is 36.1. The van der Waals surface area contributed by atoms with Crippen LogP contribution in [0.3, 0.4) is 0 Å². The molecule has 3 aromatic rings. The Kier molecular flexibility index (Phi) is 6.12. The van der Waals surface area contributed by atoms with Crippen molar-refractivity contribution in [2.45, 2.75) is 0 Å². The molecule has 0 fully saturated rings. The van der Waals surface area contributed by atoms with E-state index in [2.05, 4.69) is 10.6 Å². The van der Waals surface area contributed by atoms with E-state index in [0.717, 1.165) is 0 Å². The number of para-hydroxylation sites is 2. The highest BCUT2D eigenvalue weighted by Gasteiger charge is 2.19. The van der Waals surface area contributed by atoms with Crippen molar-refractivity contribution < 1.29 is 14.5 Å². The lowest BCUT2D eigenvalue weighted by atomic mass is 10.1. The summed E-state index contributed by atoms with van der Waals surface area (Å²) in [5.74, 6) is -1.26. The minimum atomic E-state index is -0.629. The van der Waals surface area contributed by atoms with E-state index in [9.17, 15) is 19.7 Å². The van der Waals surface area contributed by atoms with Crippen LogP contribution in [0.2, 0.25) is 0 Å². The first-order chi connectivity index (χ1) is 14.0. The van der Waals surface area contributed by atoms with Crippen molar-refractivity contribution in [1.29, 1.82) is 0 Å². The number of nitro benzene ring substituents is 1. The van der Waals surface area contributed by atoms with E-state index < -0.39 is 16.7 Å². The molecule has 0 bridgehead atoms. The van der Waals surface area contributed by atoms with Crippen molar-refractivity contribution in [3.05, 3.63) is 106 Å². The summed E-state index contributed by atoms with van der Waals surface area (Å²) in [6.07, 6.45) is 1.32. The Balaban J connectivity index is 1.94. The number of rotatable bonds is 6. The normalized spacial score (nSPS) is 9.93. The topological polar surface area (TPSA) is 101 Å². The first-order valence-corrected chi connectivity index (χ1v) is 8.72. The van der Waals surface area contributed by atoms with Gasteiger partial charge in [0, 0.05) is 23.5 Å². The van der Waals surface area contributed by atoms with Crippen molar-refractivity contribution in [2.24, 2.45) is 0 Å². The maximum absolute atomic E-state index is 12.8. The van der Waals surface area contributed by atoms with Crippen LogP contribution < -0.4 is 10.6 Å². The molecule has 144 valence electrons. The Morgan fingerprint density at radius 1 is 0.759 bits per heavy atom. The minimum absolute atomic E-state index is 0.134. The number of carbonyl (C=O) groups excluding carboxylic acids is 2. The molecule has 0 radical (unpaired) electrons. The first kappa shape index (κ1) is 19.5. The van der Waals surface area contributed by atoms with Crippen LogP contribution in [0.15, 0.2) is 90.5 Å². The van der Waals surface area contributed by atoms with Crippen LogP contribution >= 0.6 is 0 Å². The molecule has 7 heteroatoms. The highest BCUT2D eigenvalue weighted by molar-refractivity contribution is 6.28. The van der Waals surface area contributed by atoms with Crippen molar-refractivity contribution in [2.75, 3.05) is 10.6 Å². The van der Waals surface area contributed by atoms with Crippen molar-refractivity contribution in [1.82, 2.24) is 0 Å². The maximum Gasteiger partial charge on any atom is 0.270 e. The molecular weight excluding hydrogens is 370 g/mol. The molecule has 3 rings (SSSR count). The van der Waals surface area contributed by atoms with Gasteiger partial charge < -0.3 is 10.6 Å². The van der Waals surface area contributed by atoms with E-state index in [1.54, 1.807) is 66.7 Å². The zero-order chi connectivity index (χ0) is 20.6. The van der Waals surface area contributed by atoms with E-state index in [1.165, 1.54) is 24.3 Å². The van der Waals surface area contributed by atoms with Crippen LogP contribution in [0.5, 0.6) is 0 Å². The van der Waals surface area contributed by atoms with Gasteiger partial charge in [-0.2, -0.15) is 0 Å². The number of nitrogens with zero attached hydrogens (tertiary/aromatic N) is 1. The zero-order valence-electron chi connectivity index (χ0n) is 15.2. The molecule has 7 nitrogen and oxygen atoms in total. The second kappa shape index (κ2) is 9.09. The van der Waals surface area contributed by atoms with Gasteiger partial charge in [0.05, 0.1) is 4.92 Å². The van der Waals surface area contributed by atoms with Gasteiger partial charge in [-0.15, -0.1) is 0 Å². The van der Waals surface area contributed by atoms with Crippen LogP contribution in [0.4, 0.5) is 17.1 Å². The number of nitrogens with one attached hydrogen (secondary N) is 2. The van der Waals surface area contributed by atoms with E-state index in [-0.39, 0.29) is 11.3 Å². The summed E-state index contributed by atoms with van der Waals surface area (Å²) in [6.45, 7) is 0. The summed E-state index contributed by atoms with van der Waals surface area (Å²) >= 11 is 0. The van der Waals surface area contributed by atoms with Crippen molar-refractivity contribution >= 4 is 35.0 Å². The second-order valence-electron chi connectivity index (χ2n) is 6.05. The molecule has 0 aliphatic heterocycles. The molecule has 0 saturated heterocycles. The van der Waals surface area contributed by atoms with Crippen LogP contribution in [0, 0.1) is 10.1 Å². The third kappa shape index (κ3) is 5.36. The van der Waals surface area contributed by atoms with Gasteiger partial charge >= 0.3 is 0 Å². The smallest absolute Gasteiger partial charge is 0.270 e. The SMILES string of the molecule is O=C(Nc1ccccc1)C(=Cc1cccc([N+](=O)[O-])c1)C(=O)Nc1ccccc1. The van der Waals surface area contributed by atoms with Gasteiger partial charge in [0.2, 0.25) is 0 Å². The molecule has 0 aliphatic carbocycles. The number of anilines is 2. The predicted molar refractivity (Wildman–Crippen MR) is 111 cm³/mol. The van der Waals surface area contributed by atoms with E-state index in [4.69, 9.17) is 0 Å². The molecule has 0 heterocycles. The zero-order valence-corrected chi connectivity index (χ0v) is 15.2. The molecule has 0 unspecified atom stereocenters. The van der Waals surface area contributed by atoms with E-state index in [1.807, 2.05) is 0 Å². The van der Waals surface area contributed by atoms with Crippen LogP contribution in [-0.2, 0) is 9.59 Å². The average Bonchev–Trinajstić information content (AvgIpc) is 2.73. The van der Waals surface area contributed by atoms with Gasteiger partial charge in [0.15, 0.2) is 0 Å². The standard InChI is InChI=1S/C22H17N3O4/c26-21(23-17-9-3-1-4-10-17)20(22(27)24-18-11-5-2-6-12-18)15-16-8-7-13-19(14-16)25(28)29/h1-15H,(H,23,26)(H,24,27). The summed E-state index contributed by atoms with van der Waals surface area (Å²) in [7, 11) is 0. The number of hydrogen-bond donors (Lipinski definition) is 2. The molecule has 2 N–H and O–H groups in total. The Morgan fingerprint density at radius 3 is 1.76 bits per heavy atom. The Morgan fingerprint density at radius 2 is 1.28 bits per heavy atom. The molecule has 2 amide bonds. The van der Waals surface area contributed by atoms with E-state index in [0.29, 0.717) is 16.9 Å². The highest BCUT2D eigenvalue weighted by Crippen LogP contribution is 2.18. The lowest BCUT2D eigenvalue weighted by molar-refractivity contribution is -0.384. The molecule has 0 saturated carbocycles. The van der Waals surface area contributed by atoms with Gasteiger partial charge in [0.1, 0.15) is 5.57 Å². The van der Waals surface area contributed by atoms with Crippen LogP contribution in [-0.4, -0.2) is 16.7 Å². The lowest BCUT2D eigenvalue weighted by Crippen LogP contribution is -2.25. The van der Waals surface area contributed by atoms with Crippen molar-refractivity contribution in [3.8, 4) is 0 Å².